The highest BCUT2D eigenvalue weighted by molar-refractivity contribution is 6.01. The minimum absolute atomic E-state index is 0.316. The van der Waals surface area contributed by atoms with Gasteiger partial charge in [0.05, 0.1) is 30.5 Å². The summed E-state index contributed by atoms with van der Waals surface area (Å²) in [5, 5.41) is 0.897. The van der Waals surface area contributed by atoms with Crippen LogP contribution in [0.4, 0.5) is 0 Å². The minimum atomic E-state index is -0.383. The number of pyridine rings is 1. The van der Waals surface area contributed by atoms with Gasteiger partial charge in [0, 0.05) is 10.9 Å². The number of hydrogen-bond acceptors (Lipinski definition) is 4. The van der Waals surface area contributed by atoms with Crippen LogP contribution in [-0.2, 0) is 4.74 Å². The van der Waals surface area contributed by atoms with Crippen molar-refractivity contribution in [1.29, 1.82) is 0 Å². The largest absolute Gasteiger partial charge is 0.496 e. The van der Waals surface area contributed by atoms with Crippen LogP contribution in [0.25, 0.3) is 22.2 Å². The molecule has 0 saturated carbocycles. The molecule has 4 nitrogen and oxygen atoms in total. The number of carbonyl (C=O) groups is 1. The first-order chi connectivity index (χ1) is 11.2. The van der Waals surface area contributed by atoms with Gasteiger partial charge in [-0.05, 0) is 31.2 Å². The van der Waals surface area contributed by atoms with Crippen LogP contribution < -0.4 is 4.74 Å². The lowest BCUT2D eigenvalue weighted by Crippen LogP contribution is -2.08. The number of carbonyl (C=O) groups excluding carboxylic acids is 1. The Bertz CT molecular complexity index is 858. The van der Waals surface area contributed by atoms with Crippen LogP contribution in [0, 0.1) is 0 Å². The lowest BCUT2D eigenvalue weighted by molar-refractivity contribution is 0.0527. The fourth-order valence-corrected chi connectivity index (χ4v) is 2.53. The molecule has 0 fully saturated rings. The molecule has 4 heteroatoms. The molecule has 0 atom stereocenters. The van der Waals surface area contributed by atoms with Crippen molar-refractivity contribution in [2.24, 2.45) is 0 Å². The molecule has 0 radical (unpaired) electrons. The topological polar surface area (TPSA) is 48.4 Å². The van der Waals surface area contributed by atoms with Crippen LogP contribution in [0.2, 0.25) is 0 Å². The van der Waals surface area contributed by atoms with Crippen LogP contribution >= 0.6 is 0 Å². The Labute approximate surface area is 134 Å². The maximum Gasteiger partial charge on any atom is 0.340 e. The molecule has 3 rings (SSSR count). The zero-order chi connectivity index (χ0) is 16.2. The van der Waals surface area contributed by atoms with Gasteiger partial charge in [0.25, 0.3) is 0 Å². The molecule has 0 amide bonds. The van der Waals surface area contributed by atoms with E-state index in [-0.39, 0.29) is 5.97 Å². The fourth-order valence-electron chi connectivity index (χ4n) is 2.53. The number of fused-ring (bicyclic) bond motifs is 1. The van der Waals surface area contributed by atoms with Gasteiger partial charge in [-0.25, -0.2) is 9.78 Å². The minimum Gasteiger partial charge on any atom is -0.496 e. The molecule has 0 unspecified atom stereocenters. The number of rotatable bonds is 4. The quantitative estimate of drug-likeness (QED) is 0.681. The van der Waals surface area contributed by atoms with Gasteiger partial charge in [0.1, 0.15) is 5.75 Å². The van der Waals surface area contributed by atoms with E-state index in [1.807, 2.05) is 54.6 Å². The third kappa shape index (κ3) is 2.88. The summed E-state index contributed by atoms with van der Waals surface area (Å²) in [5.41, 5.74) is 2.60. The highest BCUT2D eigenvalue weighted by atomic mass is 16.5. The second-order valence-electron chi connectivity index (χ2n) is 5.00. The van der Waals surface area contributed by atoms with Crippen LogP contribution in [0.15, 0.2) is 54.6 Å². The molecule has 0 spiro atoms. The molecule has 0 aliphatic carbocycles. The zero-order valence-corrected chi connectivity index (χ0v) is 13.1. The molecule has 1 aromatic heterocycles. The molecule has 0 aliphatic heterocycles. The summed E-state index contributed by atoms with van der Waals surface area (Å²) < 4.78 is 10.6. The van der Waals surface area contributed by atoms with Crippen molar-refractivity contribution in [1.82, 2.24) is 4.98 Å². The van der Waals surface area contributed by atoms with Crippen molar-refractivity contribution in [3.63, 3.8) is 0 Å². The summed E-state index contributed by atoms with van der Waals surface area (Å²) in [6.07, 6.45) is 0. The van der Waals surface area contributed by atoms with E-state index in [2.05, 4.69) is 4.98 Å². The van der Waals surface area contributed by atoms with Gasteiger partial charge in [0.15, 0.2) is 0 Å². The van der Waals surface area contributed by atoms with E-state index >= 15 is 0 Å². The standard InChI is InChI=1S/C19H17NO3/c1-3-23-19(21)15-12-13-8-4-6-10-16(13)20-18(15)14-9-5-7-11-17(14)22-2/h4-12H,3H2,1-2H3. The van der Waals surface area contributed by atoms with E-state index in [9.17, 15) is 4.79 Å². The monoisotopic (exact) mass is 307 g/mol. The number of benzene rings is 2. The number of nitrogens with zero attached hydrogens (tertiary/aromatic N) is 1. The molecule has 0 bridgehead atoms. The van der Waals surface area contributed by atoms with Gasteiger partial charge < -0.3 is 9.47 Å². The Morgan fingerprint density at radius 2 is 1.83 bits per heavy atom. The van der Waals surface area contributed by atoms with E-state index in [0.29, 0.717) is 23.6 Å². The van der Waals surface area contributed by atoms with E-state index in [0.717, 1.165) is 16.5 Å². The molecule has 116 valence electrons. The zero-order valence-electron chi connectivity index (χ0n) is 13.1. The molecule has 23 heavy (non-hydrogen) atoms. The molecule has 0 aliphatic rings. The van der Waals surface area contributed by atoms with E-state index < -0.39 is 0 Å². The fraction of sp³-hybridized carbons (Fsp3) is 0.158. The molecular formula is C19H17NO3. The summed E-state index contributed by atoms with van der Waals surface area (Å²) in [5.74, 6) is 0.285. The first kappa shape index (κ1) is 15.0. The first-order valence-electron chi connectivity index (χ1n) is 7.45. The average Bonchev–Trinajstić information content (AvgIpc) is 2.60. The van der Waals surface area contributed by atoms with Crippen LogP contribution in [-0.4, -0.2) is 24.7 Å². The Morgan fingerprint density at radius 1 is 1.09 bits per heavy atom. The van der Waals surface area contributed by atoms with Crippen molar-refractivity contribution in [2.45, 2.75) is 6.92 Å². The SMILES string of the molecule is CCOC(=O)c1cc2ccccc2nc1-c1ccccc1OC. The number of methoxy groups -OCH3 is 1. The van der Waals surface area contributed by atoms with Crippen molar-refractivity contribution in [3.8, 4) is 17.0 Å². The number of para-hydroxylation sites is 2. The van der Waals surface area contributed by atoms with Crippen LogP contribution in [0.3, 0.4) is 0 Å². The van der Waals surface area contributed by atoms with E-state index in [1.165, 1.54) is 0 Å². The smallest absolute Gasteiger partial charge is 0.340 e. The van der Waals surface area contributed by atoms with Crippen LogP contribution in [0.5, 0.6) is 5.75 Å². The van der Waals surface area contributed by atoms with E-state index in [1.54, 1.807) is 14.0 Å². The van der Waals surface area contributed by atoms with Gasteiger partial charge in [-0.2, -0.15) is 0 Å². The van der Waals surface area contributed by atoms with Gasteiger partial charge in [-0.3, -0.25) is 0 Å². The highest BCUT2D eigenvalue weighted by Gasteiger charge is 2.19. The lowest BCUT2D eigenvalue weighted by atomic mass is 10.0. The second kappa shape index (κ2) is 6.48. The van der Waals surface area contributed by atoms with Crippen LogP contribution in [0.1, 0.15) is 17.3 Å². The summed E-state index contributed by atoms with van der Waals surface area (Å²) >= 11 is 0. The van der Waals surface area contributed by atoms with Crippen molar-refractivity contribution < 1.29 is 14.3 Å². The average molecular weight is 307 g/mol. The van der Waals surface area contributed by atoms with E-state index in [4.69, 9.17) is 9.47 Å². The Kier molecular flexibility index (Phi) is 4.24. The Balaban J connectivity index is 2.28. The second-order valence-corrected chi connectivity index (χ2v) is 5.00. The normalized spacial score (nSPS) is 10.5. The van der Waals surface area contributed by atoms with Crippen molar-refractivity contribution in [2.75, 3.05) is 13.7 Å². The predicted molar refractivity (Wildman–Crippen MR) is 89.7 cm³/mol. The van der Waals surface area contributed by atoms with Gasteiger partial charge >= 0.3 is 5.97 Å². The molecule has 1 heterocycles. The molecule has 3 aromatic rings. The number of hydrogen-bond donors (Lipinski definition) is 0. The van der Waals surface area contributed by atoms with Crippen molar-refractivity contribution in [3.05, 3.63) is 60.2 Å². The molecule has 0 N–H and O–H groups in total. The molecular weight excluding hydrogens is 290 g/mol. The maximum absolute atomic E-state index is 12.4. The summed E-state index contributed by atoms with van der Waals surface area (Å²) in [6.45, 7) is 2.10. The summed E-state index contributed by atoms with van der Waals surface area (Å²) in [6, 6.07) is 17.0. The number of esters is 1. The summed E-state index contributed by atoms with van der Waals surface area (Å²) in [7, 11) is 1.60. The Hall–Kier alpha value is -2.88. The predicted octanol–water partition coefficient (Wildman–Crippen LogP) is 4.09. The maximum atomic E-state index is 12.4. The van der Waals surface area contributed by atoms with Gasteiger partial charge in [-0.15, -0.1) is 0 Å². The van der Waals surface area contributed by atoms with Crippen molar-refractivity contribution >= 4 is 16.9 Å². The third-order valence-corrected chi connectivity index (χ3v) is 3.58. The highest BCUT2D eigenvalue weighted by Crippen LogP contribution is 2.32. The first-order valence-corrected chi connectivity index (χ1v) is 7.45. The van der Waals surface area contributed by atoms with Gasteiger partial charge in [0.2, 0.25) is 0 Å². The third-order valence-electron chi connectivity index (χ3n) is 3.58. The Morgan fingerprint density at radius 3 is 2.61 bits per heavy atom. The number of ether oxygens (including phenoxy) is 2. The molecule has 0 saturated heterocycles. The molecule has 2 aromatic carbocycles. The lowest BCUT2D eigenvalue weighted by Gasteiger charge is -2.13. The summed E-state index contributed by atoms with van der Waals surface area (Å²) in [4.78, 5) is 17.1. The van der Waals surface area contributed by atoms with Gasteiger partial charge in [-0.1, -0.05) is 30.3 Å². The number of aromatic nitrogens is 1.